The maximum Gasteiger partial charge on any atom is 0.343 e. The molecule has 2 aliphatic rings. The van der Waals surface area contributed by atoms with Gasteiger partial charge in [-0.2, -0.15) is 0 Å². The lowest BCUT2D eigenvalue weighted by molar-refractivity contribution is 0.0523. The first-order valence-electron chi connectivity index (χ1n) is 12.8. The van der Waals surface area contributed by atoms with Gasteiger partial charge in [0.05, 0.1) is 26.0 Å². The van der Waals surface area contributed by atoms with E-state index in [1.54, 1.807) is 26.3 Å². The molecule has 1 aromatic heterocycles. The number of ether oxygens (including phenoxy) is 3. The molecule has 0 spiro atoms. The Hall–Kier alpha value is -2.80. The van der Waals surface area contributed by atoms with Crippen LogP contribution in [0.25, 0.3) is 11.3 Å². The van der Waals surface area contributed by atoms with Crippen molar-refractivity contribution in [2.24, 2.45) is 11.1 Å². The zero-order valence-corrected chi connectivity index (χ0v) is 21.4. The predicted molar refractivity (Wildman–Crippen MR) is 136 cm³/mol. The molecule has 0 amide bonds. The summed E-state index contributed by atoms with van der Waals surface area (Å²) in [5.74, 6) is 1.07. The fourth-order valence-electron chi connectivity index (χ4n) is 5.79. The highest BCUT2D eigenvalue weighted by atomic mass is 16.5. The van der Waals surface area contributed by atoms with E-state index in [2.05, 4.69) is 24.5 Å². The molecule has 2 aromatic rings. The standard InChI is InChI=1S/C28H38N2O5/c1-5-34-27(32)21-17-30-22(16-23(21)31)20-15-24(33-4)25(35-13-9-7-6-8-12-29)14-19(20)18-10-11-28(2,3)26(18)30/h14-18,26H,5-13,29H2,1-4H3/t18-,26+/m0/s1. The van der Waals surface area contributed by atoms with Crippen molar-refractivity contribution in [2.75, 3.05) is 26.9 Å². The number of hydrogen-bond acceptors (Lipinski definition) is 6. The molecule has 4 rings (SSSR count). The molecule has 2 heterocycles. The van der Waals surface area contributed by atoms with E-state index in [-0.39, 0.29) is 35.0 Å². The van der Waals surface area contributed by atoms with E-state index in [9.17, 15) is 9.59 Å². The highest BCUT2D eigenvalue weighted by Crippen LogP contribution is 2.59. The topological polar surface area (TPSA) is 92.8 Å². The van der Waals surface area contributed by atoms with Crippen molar-refractivity contribution in [3.63, 3.8) is 0 Å². The lowest BCUT2D eigenvalue weighted by Crippen LogP contribution is -2.32. The minimum Gasteiger partial charge on any atom is -0.493 e. The largest absolute Gasteiger partial charge is 0.493 e. The van der Waals surface area contributed by atoms with Gasteiger partial charge in [-0.25, -0.2) is 4.79 Å². The van der Waals surface area contributed by atoms with Crippen molar-refractivity contribution >= 4 is 5.97 Å². The number of esters is 1. The maximum absolute atomic E-state index is 13.0. The molecule has 35 heavy (non-hydrogen) atoms. The number of fused-ring (bicyclic) bond motifs is 6. The molecule has 1 aliphatic heterocycles. The molecule has 7 nitrogen and oxygen atoms in total. The summed E-state index contributed by atoms with van der Waals surface area (Å²) in [6.07, 6.45) is 7.98. The van der Waals surface area contributed by atoms with Crippen LogP contribution in [0.3, 0.4) is 0 Å². The number of pyridine rings is 1. The van der Waals surface area contributed by atoms with Crippen molar-refractivity contribution in [3.05, 3.63) is 45.7 Å². The van der Waals surface area contributed by atoms with Gasteiger partial charge < -0.3 is 24.5 Å². The molecule has 0 unspecified atom stereocenters. The summed E-state index contributed by atoms with van der Waals surface area (Å²) in [7, 11) is 1.64. The number of benzene rings is 1. The number of nitrogens with zero attached hydrogens (tertiary/aromatic N) is 1. The lowest BCUT2D eigenvalue weighted by atomic mass is 9.77. The third-order valence-electron chi connectivity index (χ3n) is 7.52. The number of nitrogens with two attached hydrogens (primary N) is 1. The molecule has 0 radical (unpaired) electrons. The molecule has 190 valence electrons. The summed E-state index contributed by atoms with van der Waals surface area (Å²) in [6.45, 7) is 7.84. The van der Waals surface area contributed by atoms with Gasteiger partial charge in [0.2, 0.25) is 0 Å². The second-order valence-corrected chi connectivity index (χ2v) is 10.3. The van der Waals surface area contributed by atoms with Gasteiger partial charge in [-0.15, -0.1) is 0 Å². The summed E-state index contributed by atoms with van der Waals surface area (Å²) >= 11 is 0. The Bertz CT molecular complexity index is 1140. The van der Waals surface area contributed by atoms with Crippen LogP contribution in [0.4, 0.5) is 0 Å². The highest BCUT2D eigenvalue weighted by Gasteiger charge is 2.47. The van der Waals surface area contributed by atoms with Gasteiger partial charge in [-0.1, -0.05) is 26.7 Å². The monoisotopic (exact) mass is 482 g/mol. The Morgan fingerprint density at radius 1 is 1.14 bits per heavy atom. The minimum atomic E-state index is -0.571. The Balaban J connectivity index is 1.76. The summed E-state index contributed by atoms with van der Waals surface area (Å²) in [6, 6.07) is 5.79. The number of carbonyl (C=O) groups excluding carboxylic acids is 1. The Morgan fingerprint density at radius 2 is 1.91 bits per heavy atom. The molecule has 1 fully saturated rings. The normalized spacial score (nSPS) is 19.5. The number of unbranched alkanes of at least 4 members (excludes halogenated alkanes) is 3. The van der Waals surface area contributed by atoms with E-state index in [1.807, 2.05) is 6.07 Å². The fourth-order valence-corrected chi connectivity index (χ4v) is 5.79. The van der Waals surface area contributed by atoms with Gasteiger partial charge in [-0.3, -0.25) is 4.79 Å². The number of rotatable bonds is 10. The Kier molecular flexibility index (Phi) is 7.55. The van der Waals surface area contributed by atoms with Crippen LogP contribution in [-0.4, -0.2) is 37.4 Å². The third kappa shape index (κ3) is 4.83. The second kappa shape index (κ2) is 10.4. The third-order valence-corrected chi connectivity index (χ3v) is 7.52. The molecule has 2 atom stereocenters. The van der Waals surface area contributed by atoms with E-state index < -0.39 is 5.97 Å². The smallest absolute Gasteiger partial charge is 0.343 e. The van der Waals surface area contributed by atoms with Crippen LogP contribution in [0.2, 0.25) is 0 Å². The molecule has 1 saturated carbocycles. The number of aromatic nitrogens is 1. The quantitative estimate of drug-likeness (QED) is 0.376. The maximum atomic E-state index is 13.0. The summed E-state index contributed by atoms with van der Waals surface area (Å²) < 4.78 is 19.2. The Labute approximate surface area is 207 Å². The van der Waals surface area contributed by atoms with E-state index in [4.69, 9.17) is 19.9 Å². The van der Waals surface area contributed by atoms with Gasteiger partial charge in [-0.05, 0) is 62.3 Å². The molecule has 0 bridgehead atoms. The van der Waals surface area contributed by atoms with E-state index in [0.29, 0.717) is 12.4 Å². The molecule has 1 aliphatic carbocycles. The lowest BCUT2D eigenvalue weighted by Gasteiger charge is -2.40. The first-order valence-corrected chi connectivity index (χ1v) is 12.8. The summed E-state index contributed by atoms with van der Waals surface area (Å²) in [4.78, 5) is 25.5. The van der Waals surface area contributed by atoms with Crippen LogP contribution >= 0.6 is 0 Å². The zero-order valence-electron chi connectivity index (χ0n) is 21.4. The van der Waals surface area contributed by atoms with Crippen LogP contribution in [0.15, 0.2) is 29.2 Å². The van der Waals surface area contributed by atoms with Crippen LogP contribution in [0.1, 0.15) is 87.2 Å². The molecule has 2 N–H and O–H groups in total. The van der Waals surface area contributed by atoms with Crippen molar-refractivity contribution in [3.8, 4) is 22.8 Å². The van der Waals surface area contributed by atoms with Crippen molar-refractivity contribution in [1.29, 1.82) is 0 Å². The van der Waals surface area contributed by atoms with E-state index in [0.717, 1.165) is 62.1 Å². The Morgan fingerprint density at radius 3 is 2.63 bits per heavy atom. The van der Waals surface area contributed by atoms with Gasteiger partial charge in [0, 0.05) is 29.8 Å². The first-order chi connectivity index (χ1) is 16.8. The van der Waals surface area contributed by atoms with Crippen molar-refractivity contribution in [2.45, 2.75) is 71.3 Å². The molecule has 0 saturated heterocycles. The molecular weight excluding hydrogens is 444 g/mol. The summed E-state index contributed by atoms with van der Waals surface area (Å²) in [5.41, 5.74) is 8.30. The zero-order chi connectivity index (χ0) is 25.2. The average Bonchev–Trinajstić information content (AvgIpc) is 3.16. The highest BCUT2D eigenvalue weighted by molar-refractivity contribution is 5.89. The molecule has 7 heteroatoms. The second-order valence-electron chi connectivity index (χ2n) is 10.3. The summed E-state index contributed by atoms with van der Waals surface area (Å²) in [5, 5.41) is 0. The number of hydrogen-bond donors (Lipinski definition) is 1. The van der Waals surface area contributed by atoms with Gasteiger partial charge >= 0.3 is 5.97 Å². The minimum absolute atomic E-state index is 0.00203. The van der Waals surface area contributed by atoms with Gasteiger partial charge in [0.25, 0.3) is 0 Å². The predicted octanol–water partition coefficient (Wildman–Crippen LogP) is 5.06. The number of carbonyl (C=O) groups is 1. The van der Waals surface area contributed by atoms with Crippen LogP contribution in [0, 0.1) is 5.41 Å². The molecule has 1 aromatic carbocycles. The van der Waals surface area contributed by atoms with Crippen molar-refractivity contribution < 1.29 is 19.0 Å². The van der Waals surface area contributed by atoms with E-state index >= 15 is 0 Å². The van der Waals surface area contributed by atoms with Gasteiger partial charge in [0.15, 0.2) is 16.9 Å². The van der Waals surface area contributed by atoms with Crippen LogP contribution in [0.5, 0.6) is 11.5 Å². The molecular formula is C28H38N2O5. The van der Waals surface area contributed by atoms with E-state index in [1.165, 1.54) is 5.56 Å². The first kappa shape index (κ1) is 25.3. The van der Waals surface area contributed by atoms with Crippen LogP contribution in [-0.2, 0) is 4.74 Å². The SMILES string of the molecule is CCOC(=O)c1cn2c(cc1=O)-c1cc(OC)c(OCCCCCCN)cc1[C@@H]1CCC(C)(C)[C@@H]12. The van der Waals surface area contributed by atoms with Crippen molar-refractivity contribution in [1.82, 2.24) is 4.57 Å². The fraction of sp³-hybridized carbons (Fsp3) is 0.571. The average molecular weight is 483 g/mol. The number of methoxy groups -OCH3 is 1. The van der Waals surface area contributed by atoms with Crippen LogP contribution < -0.4 is 20.6 Å². The van der Waals surface area contributed by atoms with Gasteiger partial charge in [0.1, 0.15) is 5.56 Å².